The van der Waals surface area contributed by atoms with Crippen LogP contribution in [0.25, 0.3) is 27.8 Å². The van der Waals surface area contributed by atoms with Gasteiger partial charge in [-0.25, -0.2) is 4.79 Å². The Bertz CT molecular complexity index is 2610. The van der Waals surface area contributed by atoms with Crippen LogP contribution in [0.3, 0.4) is 0 Å². The molecule has 3 aliphatic carbocycles. The second kappa shape index (κ2) is 16.0. The Kier molecular flexibility index (Phi) is 10.6. The Morgan fingerprint density at radius 1 is 0.831 bits per heavy atom. The molecular weight excluding hydrogens is 829 g/mol. The normalized spacial score (nSPS) is 24.7. The van der Waals surface area contributed by atoms with Gasteiger partial charge in [0.25, 0.3) is 5.92 Å². The number of fused-ring (bicyclic) bond motifs is 6. The molecule has 7 aliphatic rings. The van der Waals surface area contributed by atoms with Gasteiger partial charge in [-0.05, 0) is 125 Å². The van der Waals surface area contributed by atoms with Crippen molar-refractivity contribution in [2.75, 3.05) is 20.8 Å². The third kappa shape index (κ3) is 7.37. The van der Waals surface area contributed by atoms with Crippen LogP contribution in [0.1, 0.15) is 101 Å². The smallest absolute Gasteiger partial charge is 0.407 e. The van der Waals surface area contributed by atoms with Gasteiger partial charge in [0.2, 0.25) is 11.8 Å². The number of piperidine rings is 1. The Labute approximate surface area is 378 Å². The zero-order valence-electron chi connectivity index (χ0n) is 38.0. The molecule has 3 aromatic carbocycles. The minimum atomic E-state index is -3.24. The lowest BCUT2D eigenvalue weighted by Crippen LogP contribution is -2.53. The fourth-order valence-corrected chi connectivity index (χ4v) is 11.8. The predicted octanol–water partition coefficient (Wildman–Crippen LogP) is 9.26. The van der Waals surface area contributed by atoms with E-state index in [0.29, 0.717) is 47.6 Å². The van der Waals surface area contributed by atoms with E-state index in [9.17, 15) is 19.2 Å². The first-order valence-electron chi connectivity index (χ1n) is 23.3. The lowest BCUT2D eigenvalue weighted by molar-refractivity contribution is -0.149. The van der Waals surface area contributed by atoms with Crippen LogP contribution >= 0.6 is 0 Å². The molecule has 3 aromatic rings. The number of nitrogens with one attached hydrogen (secondary N) is 1. The van der Waals surface area contributed by atoms with E-state index in [1.807, 2.05) is 67.8 Å². The number of methoxy groups -OCH3 is 2. The highest BCUT2D eigenvalue weighted by Gasteiger charge is 2.56. The van der Waals surface area contributed by atoms with E-state index in [2.05, 4.69) is 5.32 Å². The van der Waals surface area contributed by atoms with Crippen molar-refractivity contribution in [2.45, 2.75) is 116 Å². The maximum absolute atomic E-state index is 16.7. The minimum absolute atomic E-state index is 0.00470. The van der Waals surface area contributed by atoms with Gasteiger partial charge in [-0.2, -0.15) is 8.78 Å². The number of likely N-dealkylation sites (tertiary alicyclic amines) is 2. The van der Waals surface area contributed by atoms with Gasteiger partial charge < -0.3 is 24.6 Å². The quantitative estimate of drug-likeness (QED) is 0.191. The van der Waals surface area contributed by atoms with Crippen molar-refractivity contribution < 1.29 is 37.4 Å². The average Bonchev–Trinajstić information content (AvgIpc) is 3.95. The van der Waals surface area contributed by atoms with Crippen molar-refractivity contribution in [1.29, 1.82) is 0 Å². The van der Waals surface area contributed by atoms with Crippen LogP contribution in [0.5, 0.6) is 0 Å². The van der Waals surface area contributed by atoms with Gasteiger partial charge in [-0.15, -0.1) is 0 Å². The first-order chi connectivity index (χ1) is 31.1. The molecule has 2 saturated heterocycles. The number of hydrogen-bond acceptors (Lipinski definition) is 8. The fraction of sp³-hybridized carbons (Fsp3) is 0.500. The summed E-state index contributed by atoms with van der Waals surface area (Å²) in [4.78, 5) is 66.5. The monoisotopic (exact) mass is 885 g/mol. The van der Waals surface area contributed by atoms with Crippen molar-refractivity contribution in [2.24, 2.45) is 39.1 Å². The summed E-state index contributed by atoms with van der Waals surface area (Å²) in [5, 5.41) is 2.73. The lowest BCUT2D eigenvalue weighted by Gasteiger charge is -2.38. The first-order valence-corrected chi connectivity index (χ1v) is 23.3. The molecule has 13 heteroatoms. The Morgan fingerprint density at radius 3 is 2.20 bits per heavy atom. The summed E-state index contributed by atoms with van der Waals surface area (Å²) in [5.41, 5.74) is 7.63. The minimum Gasteiger partial charge on any atom is -0.469 e. The molecule has 4 heterocycles. The van der Waals surface area contributed by atoms with Crippen LogP contribution in [0.2, 0.25) is 0 Å². The molecular formula is C52H57F2N5O6. The summed E-state index contributed by atoms with van der Waals surface area (Å²) in [5.74, 6) is -4.13. The van der Waals surface area contributed by atoms with E-state index >= 15 is 8.78 Å². The molecule has 0 unspecified atom stereocenters. The summed E-state index contributed by atoms with van der Waals surface area (Å²) < 4.78 is 43.2. The van der Waals surface area contributed by atoms with Crippen LogP contribution < -0.4 is 5.32 Å². The molecule has 6 atom stereocenters. The van der Waals surface area contributed by atoms with Crippen LogP contribution in [0.4, 0.5) is 19.3 Å². The Morgan fingerprint density at radius 2 is 1.52 bits per heavy atom. The standard InChI is InChI=1S/C52H57F2N5O6/c1-27(2)38(23-45(60)64-5)48(61)59-35-11-7-32(18-35)47(59)43-21-33-17-29(10-14-41(33)56-43)30-8-12-36-37-13-9-31(20-40(37)52(53,54)39(36)19-30)34-22-42(55-25-34)44-24-51(15-16-51)26-58(44)49(62)46(28(3)4)57-50(63)65-6/h8-10,12-14,17,19-20,25,27-28,32,35,38,44,46-47H,7,11,15-16,18,21-24,26H2,1-6H3,(H,57,63)/t32-,35+,38-,44-,46-,47-/m0/s1. The van der Waals surface area contributed by atoms with Crippen LogP contribution in [-0.4, -0.2) is 90.0 Å². The second-order valence-electron chi connectivity index (χ2n) is 20.3. The first kappa shape index (κ1) is 43.2. The van der Waals surface area contributed by atoms with Gasteiger partial charge >= 0.3 is 12.1 Å². The molecule has 2 bridgehead atoms. The number of rotatable bonds is 11. The molecule has 0 aromatic heterocycles. The van der Waals surface area contributed by atoms with Gasteiger partial charge in [0, 0.05) is 54.2 Å². The molecule has 2 saturated carbocycles. The zero-order chi connectivity index (χ0) is 45.7. The van der Waals surface area contributed by atoms with Crippen molar-refractivity contribution in [3.8, 4) is 22.3 Å². The number of nitrogens with zero attached hydrogens (tertiary/aromatic N) is 4. The number of halogens is 2. The summed E-state index contributed by atoms with van der Waals surface area (Å²) >= 11 is 0. The molecule has 1 spiro atoms. The Balaban J connectivity index is 0.846. The van der Waals surface area contributed by atoms with Gasteiger partial charge in [-0.1, -0.05) is 58.0 Å². The molecule has 11 nitrogen and oxygen atoms in total. The van der Waals surface area contributed by atoms with Crippen molar-refractivity contribution >= 4 is 46.6 Å². The second-order valence-corrected chi connectivity index (χ2v) is 20.3. The van der Waals surface area contributed by atoms with E-state index in [-0.39, 0.29) is 70.7 Å². The number of alkyl carbamates (subject to hydrolysis) is 1. The third-order valence-corrected chi connectivity index (χ3v) is 15.6. The number of carbonyl (C=O) groups is 4. The van der Waals surface area contributed by atoms with Gasteiger partial charge in [0.05, 0.1) is 44.3 Å². The number of aliphatic imine (C=N–C) groups is 2. The van der Waals surface area contributed by atoms with Crippen molar-refractivity contribution in [1.82, 2.24) is 15.1 Å². The topological polar surface area (TPSA) is 130 Å². The molecule has 65 heavy (non-hydrogen) atoms. The molecule has 0 radical (unpaired) electrons. The molecule has 10 rings (SSSR count). The zero-order valence-corrected chi connectivity index (χ0v) is 38.0. The number of ether oxygens (including phenoxy) is 2. The highest BCUT2D eigenvalue weighted by atomic mass is 19.3. The summed E-state index contributed by atoms with van der Waals surface area (Å²) in [6, 6.07) is 15.6. The van der Waals surface area contributed by atoms with Crippen LogP contribution in [-0.2, 0) is 36.2 Å². The van der Waals surface area contributed by atoms with Crippen molar-refractivity contribution in [3.05, 3.63) is 83.1 Å². The summed E-state index contributed by atoms with van der Waals surface area (Å²) in [6.45, 7) is 8.33. The maximum atomic E-state index is 16.7. The maximum Gasteiger partial charge on any atom is 0.407 e. The molecule has 4 aliphatic heterocycles. The SMILES string of the molecule is COC(=O)C[C@H](C(=O)N1[C@@H]2CC[C@@H](C2)[C@H]1C1=Nc2ccc(-c3ccc4c(c3)C(F)(F)c3cc(C5=CN=C([C@@H]6CC7(CC7)CN6C(=O)[C@@H](NC(=O)OC)C(C)C)C5)ccc3-4)cc2C1)C(C)C. The number of carbonyl (C=O) groups excluding carboxylic acids is 4. The van der Waals surface area contributed by atoms with E-state index < -0.39 is 24.0 Å². The highest BCUT2D eigenvalue weighted by molar-refractivity contribution is 6.05. The molecule has 4 fully saturated rings. The highest BCUT2D eigenvalue weighted by Crippen LogP contribution is 2.56. The number of allylic oxidation sites excluding steroid dienone is 1. The number of amides is 3. The molecule has 340 valence electrons. The van der Waals surface area contributed by atoms with E-state index in [0.717, 1.165) is 72.3 Å². The third-order valence-electron chi connectivity index (χ3n) is 15.6. The average molecular weight is 886 g/mol. The number of benzene rings is 3. The number of hydrogen-bond donors (Lipinski definition) is 1. The summed E-state index contributed by atoms with van der Waals surface area (Å²) in [6.07, 6.45) is 7.93. The largest absolute Gasteiger partial charge is 0.469 e. The summed E-state index contributed by atoms with van der Waals surface area (Å²) in [7, 11) is 2.63. The number of alkyl halides is 2. The van der Waals surface area contributed by atoms with Gasteiger partial charge in [0.15, 0.2) is 0 Å². The van der Waals surface area contributed by atoms with E-state index in [1.165, 1.54) is 14.2 Å². The van der Waals surface area contributed by atoms with E-state index in [4.69, 9.17) is 19.5 Å². The fourth-order valence-electron chi connectivity index (χ4n) is 11.8. The van der Waals surface area contributed by atoms with Crippen LogP contribution in [0.15, 0.2) is 70.8 Å². The molecule has 1 N–H and O–H groups in total. The van der Waals surface area contributed by atoms with Gasteiger partial charge in [0.1, 0.15) is 6.04 Å². The predicted molar refractivity (Wildman–Crippen MR) is 244 cm³/mol. The number of esters is 1. The molecule has 3 amide bonds. The van der Waals surface area contributed by atoms with Gasteiger partial charge in [-0.3, -0.25) is 24.4 Å². The van der Waals surface area contributed by atoms with E-state index in [1.54, 1.807) is 30.5 Å². The lowest BCUT2D eigenvalue weighted by atomic mass is 9.87. The van der Waals surface area contributed by atoms with Crippen LogP contribution in [0, 0.1) is 29.1 Å². The van der Waals surface area contributed by atoms with Crippen molar-refractivity contribution in [3.63, 3.8) is 0 Å². The Hall–Kier alpha value is -5.72.